The predicted molar refractivity (Wildman–Crippen MR) is 50.3 cm³/mol. The van der Waals surface area contributed by atoms with Crippen LogP contribution in [0.2, 0.25) is 0 Å². The molecule has 0 aromatic heterocycles. The number of carbonyl (C=O) groups is 1. The third-order valence-corrected chi connectivity index (χ3v) is 2.35. The maximum Gasteiger partial charge on any atom is 0.246 e. The molecule has 1 aliphatic rings. The van der Waals surface area contributed by atoms with Crippen molar-refractivity contribution in [3.63, 3.8) is 0 Å². The number of nitrogens with zero attached hydrogens (tertiary/aromatic N) is 2. The fourth-order valence-corrected chi connectivity index (χ4v) is 1.57. The first-order valence-corrected chi connectivity index (χ1v) is 4.41. The van der Waals surface area contributed by atoms with E-state index in [1.807, 2.05) is 7.05 Å². The van der Waals surface area contributed by atoms with Crippen molar-refractivity contribution in [2.24, 2.45) is 0 Å². The lowest BCUT2D eigenvalue weighted by atomic mass is 10.2. The van der Waals surface area contributed by atoms with Gasteiger partial charge in [0.25, 0.3) is 0 Å². The molecular weight excluding hydrogens is 168 g/mol. The van der Waals surface area contributed by atoms with Crippen LogP contribution < -0.4 is 0 Å². The molecule has 1 fully saturated rings. The van der Waals surface area contributed by atoms with E-state index in [2.05, 4.69) is 11.5 Å². The van der Waals surface area contributed by atoms with Gasteiger partial charge < -0.3 is 14.9 Å². The van der Waals surface area contributed by atoms with Gasteiger partial charge in [0.2, 0.25) is 5.91 Å². The summed E-state index contributed by atoms with van der Waals surface area (Å²) >= 11 is 0. The van der Waals surface area contributed by atoms with Gasteiger partial charge in [-0.25, -0.2) is 0 Å². The molecule has 1 atom stereocenters. The minimum absolute atomic E-state index is 0.0178. The Morgan fingerprint density at radius 1 is 1.69 bits per heavy atom. The van der Waals surface area contributed by atoms with Crippen LogP contribution in [0.5, 0.6) is 0 Å². The Morgan fingerprint density at radius 3 is 2.92 bits per heavy atom. The van der Waals surface area contributed by atoms with Gasteiger partial charge in [0.15, 0.2) is 0 Å². The fraction of sp³-hybridized carbons (Fsp3) is 0.667. The maximum absolute atomic E-state index is 11.3. The molecule has 0 aromatic carbocycles. The van der Waals surface area contributed by atoms with Gasteiger partial charge in [-0.2, -0.15) is 0 Å². The molecule has 0 saturated carbocycles. The molecule has 1 N–H and O–H groups in total. The number of carbonyl (C=O) groups excluding carboxylic acids is 1. The summed E-state index contributed by atoms with van der Waals surface area (Å²) in [4.78, 5) is 15.1. The van der Waals surface area contributed by atoms with E-state index in [9.17, 15) is 4.79 Å². The van der Waals surface area contributed by atoms with Crippen molar-refractivity contribution >= 4 is 5.91 Å². The topological polar surface area (TPSA) is 43.8 Å². The zero-order valence-corrected chi connectivity index (χ0v) is 7.94. The number of likely N-dealkylation sites (N-methyl/N-ethyl adjacent to an activating group) is 1. The maximum atomic E-state index is 11.3. The van der Waals surface area contributed by atoms with Crippen molar-refractivity contribution in [3.05, 3.63) is 12.7 Å². The van der Waals surface area contributed by atoms with Crippen LogP contribution in [0.25, 0.3) is 0 Å². The number of aliphatic hydroxyl groups is 1. The summed E-state index contributed by atoms with van der Waals surface area (Å²) in [5.74, 6) is -0.0906. The normalized spacial score (nSPS) is 24.5. The first kappa shape index (κ1) is 10.2. The van der Waals surface area contributed by atoms with Crippen molar-refractivity contribution in [2.75, 3.05) is 33.3 Å². The summed E-state index contributed by atoms with van der Waals surface area (Å²) < 4.78 is 0. The fourth-order valence-electron chi connectivity index (χ4n) is 1.57. The summed E-state index contributed by atoms with van der Waals surface area (Å²) in [5.41, 5.74) is 0. The SMILES string of the molecule is C=CC(=O)N1CCN(C)C[C@@H]1CO. The Kier molecular flexibility index (Phi) is 3.45. The van der Waals surface area contributed by atoms with E-state index in [1.54, 1.807) is 4.90 Å². The van der Waals surface area contributed by atoms with E-state index in [0.29, 0.717) is 6.54 Å². The molecule has 4 nitrogen and oxygen atoms in total. The Morgan fingerprint density at radius 2 is 2.38 bits per heavy atom. The molecule has 0 bridgehead atoms. The first-order valence-electron chi connectivity index (χ1n) is 4.41. The van der Waals surface area contributed by atoms with Crippen LogP contribution >= 0.6 is 0 Å². The van der Waals surface area contributed by atoms with Crippen LogP contribution in [-0.2, 0) is 4.79 Å². The quantitative estimate of drug-likeness (QED) is 0.578. The molecule has 1 rings (SSSR count). The number of amides is 1. The van der Waals surface area contributed by atoms with Crippen LogP contribution in [0.3, 0.4) is 0 Å². The summed E-state index contributed by atoms with van der Waals surface area (Å²) in [7, 11) is 1.98. The van der Waals surface area contributed by atoms with Crippen molar-refractivity contribution in [1.82, 2.24) is 9.80 Å². The summed E-state index contributed by atoms with van der Waals surface area (Å²) in [6, 6.07) is -0.0794. The molecule has 0 aliphatic carbocycles. The van der Waals surface area contributed by atoms with Gasteiger partial charge in [0.1, 0.15) is 0 Å². The third kappa shape index (κ3) is 2.29. The van der Waals surface area contributed by atoms with Crippen molar-refractivity contribution < 1.29 is 9.90 Å². The van der Waals surface area contributed by atoms with Gasteiger partial charge >= 0.3 is 0 Å². The highest BCUT2D eigenvalue weighted by Crippen LogP contribution is 2.08. The van der Waals surface area contributed by atoms with Crippen LogP contribution in [0, 0.1) is 0 Å². The number of piperazine rings is 1. The average molecular weight is 184 g/mol. The minimum atomic E-state index is -0.0906. The number of hydrogen-bond acceptors (Lipinski definition) is 3. The highest BCUT2D eigenvalue weighted by Gasteiger charge is 2.26. The highest BCUT2D eigenvalue weighted by atomic mass is 16.3. The molecule has 1 heterocycles. The lowest BCUT2D eigenvalue weighted by Crippen LogP contribution is -2.55. The van der Waals surface area contributed by atoms with E-state index in [0.717, 1.165) is 13.1 Å². The van der Waals surface area contributed by atoms with Gasteiger partial charge in [-0.3, -0.25) is 4.79 Å². The Labute approximate surface area is 78.4 Å². The summed E-state index contributed by atoms with van der Waals surface area (Å²) in [6.45, 7) is 5.72. The second-order valence-electron chi connectivity index (χ2n) is 3.33. The lowest BCUT2D eigenvalue weighted by molar-refractivity contribution is -0.131. The van der Waals surface area contributed by atoms with Crippen molar-refractivity contribution in [3.8, 4) is 0 Å². The smallest absolute Gasteiger partial charge is 0.246 e. The molecule has 1 saturated heterocycles. The van der Waals surface area contributed by atoms with Crippen LogP contribution in [0.15, 0.2) is 12.7 Å². The van der Waals surface area contributed by atoms with Gasteiger partial charge in [-0.15, -0.1) is 0 Å². The molecule has 4 heteroatoms. The number of aliphatic hydroxyl groups excluding tert-OH is 1. The number of hydrogen-bond donors (Lipinski definition) is 1. The predicted octanol–water partition coefficient (Wildman–Crippen LogP) is -0.693. The van der Waals surface area contributed by atoms with Gasteiger partial charge in [0.05, 0.1) is 12.6 Å². The molecule has 13 heavy (non-hydrogen) atoms. The molecule has 0 unspecified atom stereocenters. The molecule has 0 radical (unpaired) electrons. The molecule has 1 aliphatic heterocycles. The Hall–Kier alpha value is -0.870. The lowest BCUT2D eigenvalue weighted by Gasteiger charge is -2.38. The average Bonchev–Trinajstić information content (AvgIpc) is 2.16. The second-order valence-corrected chi connectivity index (χ2v) is 3.33. The molecule has 0 spiro atoms. The molecule has 1 amide bonds. The van der Waals surface area contributed by atoms with E-state index in [-0.39, 0.29) is 18.6 Å². The van der Waals surface area contributed by atoms with Gasteiger partial charge in [-0.1, -0.05) is 6.58 Å². The largest absolute Gasteiger partial charge is 0.394 e. The van der Waals surface area contributed by atoms with Gasteiger partial charge in [-0.05, 0) is 13.1 Å². The monoisotopic (exact) mass is 184 g/mol. The van der Waals surface area contributed by atoms with Crippen LogP contribution in [-0.4, -0.2) is 60.1 Å². The van der Waals surface area contributed by atoms with E-state index >= 15 is 0 Å². The van der Waals surface area contributed by atoms with Crippen molar-refractivity contribution in [2.45, 2.75) is 6.04 Å². The van der Waals surface area contributed by atoms with Gasteiger partial charge in [0, 0.05) is 19.6 Å². The van der Waals surface area contributed by atoms with E-state index < -0.39 is 0 Å². The second kappa shape index (κ2) is 4.39. The summed E-state index contributed by atoms with van der Waals surface area (Å²) in [5, 5.41) is 9.07. The standard InChI is InChI=1S/C9H16N2O2/c1-3-9(13)11-5-4-10(2)6-8(11)7-12/h3,8,12H,1,4-7H2,2H3/t8-/m1/s1. The minimum Gasteiger partial charge on any atom is -0.394 e. The summed E-state index contributed by atoms with van der Waals surface area (Å²) in [6.07, 6.45) is 1.30. The van der Waals surface area contributed by atoms with Crippen LogP contribution in [0.1, 0.15) is 0 Å². The zero-order chi connectivity index (χ0) is 9.84. The third-order valence-electron chi connectivity index (χ3n) is 2.35. The molecule has 74 valence electrons. The Bertz CT molecular complexity index is 206. The van der Waals surface area contributed by atoms with E-state index in [1.165, 1.54) is 6.08 Å². The zero-order valence-electron chi connectivity index (χ0n) is 7.94. The van der Waals surface area contributed by atoms with Crippen molar-refractivity contribution in [1.29, 1.82) is 0 Å². The van der Waals surface area contributed by atoms with Crippen LogP contribution in [0.4, 0.5) is 0 Å². The Balaban J connectivity index is 2.62. The number of rotatable bonds is 2. The molecular formula is C9H16N2O2. The molecule has 0 aromatic rings. The van der Waals surface area contributed by atoms with E-state index in [4.69, 9.17) is 5.11 Å². The highest BCUT2D eigenvalue weighted by molar-refractivity contribution is 5.87. The first-order chi connectivity index (χ1) is 6.19.